The van der Waals surface area contributed by atoms with E-state index in [0.29, 0.717) is 19.0 Å². The van der Waals surface area contributed by atoms with Crippen molar-refractivity contribution >= 4 is 15.9 Å². The Balaban J connectivity index is 2.25. The average molecular weight is 249 g/mol. The molecule has 1 heterocycles. The van der Waals surface area contributed by atoms with Crippen LogP contribution >= 0.6 is 0 Å². The van der Waals surface area contributed by atoms with Crippen LogP contribution in [0.1, 0.15) is 19.8 Å². The van der Waals surface area contributed by atoms with E-state index in [0.717, 1.165) is 19.1 Å². The smallest absolute Gasteiger partial charge is 0.409 e. The number of hydrogen-bond acceptors (Lipinski definition) is 4. The number of amides is 1. The van der Waals surface area contributed by atoms with E-state index in [2.05, 4.69) is 6.92 Å². The van der Waals surface area contributed by atoms with Crippen LogP contribution in [0.2, 0.25) is 0 Å². The quantitative estimate of drug-likeness (QED) is 0.745. The highest BCUT2D eigenvalue weighted by molar-refractivity contribution is 7.90. The molecule has 1 amide bonds. The van der Waals surface area contributed by atoms with Gasteiger partial charge < -0.3 is 9.64 Å². The topological polar surface area (TPSA) is 63.7 Å². The van der Waals surface area contributed by atoms with Crippen molar-refractivity contribution in [1.29, 1.82) is 0 Å². The van der Waals surface area contributed by atoms with Crippen molar-refractivity contribution in [3.05, 3.63) is 0 Å². The highest BCUT2D eigenvalue weighted by Crippen LogP contribution is 2.16. The van der Waals surface area contributed by atoms with Crippen molar-refractivity contribution in [3.63, 3.8) is 0 Å². The lowest BCUT2D eigenvalue weighted by atomic mass is 10.00. The molecule has 0 saturated carbocycles. The molecule has 0 aromatic heterocycles. The lowest BCUT2D eigenvalue weighted by Crippen LogP contribution is -2.38. The maximum absolute atomic E-state index is 11.5. The van der Waals surface area contributed by atoms with Gasteiger partial charge in [-0.05, 0) is 18.8 Å². The number of hydrogen-bond donors (Lipinski definition) is 0. The minimum atomic E-state index is -3.06. The van der Waals surface area contributed by atoms with Crippen LogP contribution in [0.25, 0.3) is 0 Å². The normalized spacial score (nSPS) is 18.5. The van der Waals surface area contributed by atoms with Gasteiger partial charge in [0.1, 0.15) is 6.61 Å². The monoisotopic (exact) mass is 249 g/mol. The Morgan fingerprint density at radius 1 is 1.38 bits per heavy atom. The zero-order valence-corrected chi connectivity index (χ0v) is 10.6. The molecule has 94 valence electrons. The van der Waals surface area contributed by atoms with Gasteiger partial charge in [-0.25, -0.2) is 13.2 Å². The number of ether oxygens (including phenoxy) is 1. The third-order valence-electron chi connectivity index (χ3n) is 2.72. The van der Waals surface area contributed by atoms with Crippen molar-refractivity contribution in [2.24, 2.45) is 5.92 Å². The first kappa shape index (κ1) is 13.3. The second-order valence-electron chi connectivity index (χ2n) is 4.41. The number of sulfone groups is 1. The Morgan fingerprint density at radius 2 is 1.94 bits per heavy atom. The molecule has 0 aromatic carbocycles. The van der Waals surface area contributed by atoms with Crippen molar-refractivity contribution in [3.8, 4) is 0 Å². The van der Waals surface area contributed by atoms with E-state index >= 15 is 0 Å². The molecule has 0 bridgehead atoms. The van der Waals surface area contributed by atoms with E-state index in [-0.39, 0.29) is 12.4 Å². The van der Waals surface area contributed by atoms with Crippen LogP contribution in [-0.2, 0) is 14.6 Å². The molecular formula is C10H19NO4S. The molecular weight excluding hydrogens is 230 g/mol. The number of carbonyl (C=O) groups excluding carboxylic acids is 1. The van der Waals surface area contributed by atoms with Crippen LogP contribution in [0.4, 0.5) is 4.79 Å². The van der Waals surface area contributed by atoms with E-state index in [1.807, 2.05) is 0 Å². The summed E-state index contributed by atoms with van der Waals surface area (Å²) in [6.45, 7) is 3.52. The molecule has 1 aliphatic heterocycles. The van der Waals surface area contributed by atoms with Gasteiger partial charge in [0.2, 0.25) is 0 Å². The summed E-state index contributed by atoms with van der Waals surface area (Å²) in [5, 5.41) is 0. The molecule has 6 heteroatoms. The van der Waals surface area contributed by atoms with Crippen LogP contribution in [0, 0.1) is 5.92 Å². The SMILES string of the molecule is CC1CCN(C(=O)OCCS(C)(=O)=O)CC1. The summed E-state index contributed by atoms with van der Waals surface area (Å²) in [6, 6.07) is 0. The van der Waals surface area contributed by atoms with Gasteiger partial charge in [0, 0.05) is 19.3 Å². The fourth-order valence-electron chi connectivity index (χ4n) is 1.56. The van der Waals surface area contributed by atoms with Gasteiger partial charge in [-0.3, -0.25) is 0 Å². The number of likely N-dealkylation sites (tertiary alicyclic amines) is 1. The largest absolute Gasteiger partial charge is 0.448 e. The highest BCUT2D eigenvalue weighted by Gasteiger charge is 2.21. The van der Waals surface area contributed by atoms with Gasteiger partial charge in [0.25, 0.3) is 0 Å². The summed E-state index contributed by atoms with van der Waals surface area (Å²) in [5.41, 5.74) is 0. The maximum Gasteiger partial charge on any atom is 0.409 e. The summed E-state index contributed by atoms with van der Waals surface area (Å²) >= 11 is 0. The van der Waals surface area contributed by atoms with Gasteiger partial charge in [-0.1, -0.05) is 6.92 Å². The number of piperidine rings is 1. The molecule has 1 rings (SSSR count). The van der Waals surface area contributed by atoms with Crippen LogP contribution in [0.5, 0.6) is 0 Å². The lowest BCUT2D eigenvalue weighted by molar-refractivity contribution is 0.0939. The second kappa shape index (κ2) is 5.52. The van der Waals surface area contributed by atoms with Gasteiger partial charge in [0.15, 0.2) is 9.84 Å². The maximum atomic E-state index is 11.5. The van der Waals surface area contributed by atoms with Gasteiger partial charge in [0.05, 0.1) is 5.75 Å². The Labute approximate surface area is 96.7 Å². The van der Waals surface area contributed by atoms with Crippen LogP contribution in [0.15, 0.2) is 0 Å². The fraction of sp³-hybridized carbons (Fsp3) is 0.900. The first-order valence-electron chi connectivity index (χ1n) is 5.48. The zero-order valence-electron chi connectivity index (χ0n) is 9.81. The molecule has 1 fully saturated rings. The second-order valence-corrected chi connectivity index (χ2v) is 6.67. The summed E-state index contributed by atoms with van der Waals surface area (Å²) < 4.78 is 26.6. The predicted octanol–water partition coefficient (Wildman–Crippen LogP) is 0.899. The molecule has 0 aromatic rings. The molecule has 0 unspecified atom stereocenters. The molecule has 1 saturated heterocycles. The lowest BCUT2D eigenvalue weighted by Gasteiger charge is -2.29. The Morgan fingerprint density at radius 3 is 2.44 bits per heavy atom. The van der Waals surface area contributed by atoms with Gasteiger partial charge in [-0.15, -0.1) is 0 Å². The van der Waals surface area contributed by atoms with Crippen LogP contribution in [0.3, 0.4) is 0 Å². The van der Waals surface area contributed by atoms with E-state index in [4.69, 9.17) is 4.74 Å². The van der Waals surface area contributed by atoms with Gasteiger partial charge in [-0.2, -0.15) is 0 Å². The van der Waals surface area contributed by atoms with Crippen molar-refractivity contribution in [1.82, 2.24) is 4.90 Å². The predicted molar refractivity (Wildman–Crippen MR) is 61.0 cm³/mol. The van der Waals surface area contributed by atoms with Gasteiger partial charge >= 0.3 is 6.09 Å². The minimum absolute atomic E-state index is 0.0519. The Bertz CT molecular complexity index is 331. The summed E-state index contributed by atoms with van der Waals surface area (Å²) in [7, 11) is -3.06. The summed E-state index contributed by atoms with van der Waals surface area (Å²) in [5.74, 6) is 0.545. The average Bonchev–Trinajstić information content (AvgIpc) is 2.16. The number of nitrogens with zero attached hydrogens (tertiary/aromatic N) is 1. The Kier molecular flexibility index (Phi) is 4.58. The first-order chi connectivity index (χ1) is 7.38. The summed E-state index contributed by atoms with van der Waals surface area (Å²) in [6.07, 6.45) is 2.71. The number of rotatable bonds is 3. The van der Waals surface area contributed by atoms with Crippen LogP contribution in [-0.4, -0.2) is 51.1 Å². The highest BCUT2D eigenvalue weighted by atomic mass is 32.2. The first-order valence-corrected chi connectivity index (χ1v) is 7.54. The molecule has 0 aliphatic carbocycles. The van der Waals surface area contributed by atoms with Crippen molar-refractivity contribution in [2.45, 2.75) is 19.8 Å². The molecule has 0 radical (unpaired) electrons. The molecule has 16 heavy (non-hydrogen) atoms. The van der Waals surface area contributed by atoms with E-state index < -0.39 is 15.9 Å². The molecule has 0 N–H and O–H groups in total. The third kappa shape index (κ3) is 4.83. The van der Waals surface area contributed by atoms with E-state index in [1.165, 1.54) is 0 Å². The van der Waals surface area contributed by atoms with Crippen molar-refractivity contribution in [2.75, 3.05) is 31.7 Å². The Hall–Kier alpha value is -0.780. The molecule has 0 spiro atoms. The van der Waals surface area contributed by atoms with Crippen molar-refractivity contribution < 1.29 is 17.9 Å². The van der Waals surface area contributed by atoms with E-state index in [9.17, 15) is 13.2 Å². The zero-order chi connectivity index (χ0) is 12.2. The van der Waals surface area contributed by atoms with Crippen LogP contribution < -0.4 is 0 Å². The summed E-state index contributed by atoms with van der Waals surface area (Å²) in [4.78, 5) is 13.1. The fourth-order valence-corrected chi connectivity index (χ4v) is 1.95. The molecule has 5 nitrogen and oxygen atoms in total. The van der Waals surface area contributed by atoms with E-state index in [1.54, 1.807) is 4.90 Å². The molecule has 0 atom stereocenters. The molecule has 1 aliphatic rings. The minimum Gasteiger partial charge on any atom is -0.448 e. The number of carbonyl (C=O) groups is 1. The third-order valence-corrected chi connectivity index (χ3v) is 3.63. The standard InChI is InChI=1S/C10H19NO4S/c1-9-3-5-11(6-4-9)10(12)15-7-8-16(2,13)14/h9H,3-8H2,1-2H3.